The third-order valence-corrected chi connectivity index (χ3v) is 8.83. The molecule has 1 saturated carbocycles. The van der Waals surface area contributed by atoms with Crippen LogP contribution in [0.4, 0.5) is 11.4 Å². The fraction of sp³-hybridized carbons (Fsp3) is 0.611. The molecule has 2 aromatic rings. The van der Waals surface area contributed by atoms with Crippen molar-refractivity contribution >= 4 is 23.2 Å². The van der Waals surface area contributed by atoms with Crippen molar-refractivity contribution in [1.29, 1.82) is 0 Å². The van der Waals surface area contributed by atoms with Gasteiger partial charge in [-0.05, 0) is 93.2 Å². The molecule has 0 spiro atoms. The van der Waals surface area contributed by atoms with Gasteiger partial charge in [0.2, 0.25) is 0 Å². The van der Waals surface area contributed by atoms with E-state index in [0.29, 0.717) is 17.8 Å². The zero-order valence-electron chi connectivity index (χ0n) is 27.0. The third-order valence-electron chi connectivity index (χ3n) is 8.83. The molecule has 0 radical (unpaired) electrons. The molecule has 5 heteroatoms. The molecule has 0 unspecified atom stereocenters. The Morgan fingerprint density at radius 1 is 0.976 bits per heavy atom. The summed E-state index contributed by atoms with van der Waals surface area (Å²) in [7, 11) is 1.82. The van der Waals surface area contributed by atoms with Crippen molar-refractivity contribution in [1.82, 2.24) is 0 Å². The van der Waals surface area contributed by atoms with Gasteiger partial charge in [-0.15, -0.1) is 0 Å². The molecule has 1 fully saturated rings. The molecule has 0 saturated heterocycles. The third kappa shape index (κ3) is 8.59. The minimum Gasteiger partial charge on any atom is -0.461 e. The average molecular weight is 562 g/mol. The Bertz CT molecular complexity index is 1100. The summed E-state index contributed by atoms with van der Waals surface area (Å²) in [5.41, 5.74) is 4.32. The largest absolute Gasteiger partial charge is 0.461 e. The highest BCUT2D eigenvalue weighted by Gasteiger charge is 2.36. The molecule has 5 nitrogen and oxygen atoms in total. The normalized spacial score (nSPS) is 20.1. The molecule has 3 rings (SSSR count). The molecule has 2 aromatic carbocycles. The Morgan fingerprint density at radius 2 is 1.61 bits per heavy atom. The van der Waals surface area contributed by atoms with Crippen molar-refractivity contribution in [2.45, 2.75) is 106 Å². The standard InChI is InChI=1S/C36H55N3O2/c1-9-11-23-38(24-12-10-2)31-20-18-30(19-21-31)35(37-8)39(33-16-14-13-15-28(33)6)29(7)36(40)41-34-25-27(5)17-22-32(34)26(3)4/h13-16,18-21,26-27,29,32,34H,9-12,17,22-25H2,1-8H3/b37-35+/t27-,29-,32+,34-/m1/s1. The Labute approximate surface area is 250 Å². The Balaban J connectivity index is 1.93. The summed E-state index contributed by atoms with van der Waals surface area (Å²) >= 11 is 0. The van der Waals surface area contributed by atoms with Gasteiger partial charge in [-0.25, -0.2) is 4.79 Å². The molecule has 0 bridgehead atoms. The number of benzene rings is 2. The molecule has 1 aliphatic carbocycles. The maximum atomic E-state index is 13.9. The first-order valence-corrected chi connectivity index (χ1v) is 16.1. The highest BCUT2D eigenvalue weighted by Crippen LogP contribution is 2.36. The minimum absolute atomic E-state index is 0.0362. The van der Waals surface area contributed by atoms with Gasteiger partial charge >= 0.3 is 5.97 Å². The van der Waals surface area contributed by atoms with E-state index in [1.807, 2.05) is 26.1 Å². The first-order chi connectivity index (χ1) is 19.7. The predicted molar refractivity (Wildman–Crippen MR) is 175 cm³/mol. The fourth-order valence-electron chi connectivity index (χ4n) is 6.21. The van der Waals surface area contributed by atoms with Crippen LogP contribution in [-0.2, 0) is 9.53 Å². The molecular formula is C36H55N3O2. The molecule has 0 amide bonds. The zero-order valence-corrected chi connectivity index (χ0v) is 27.0. The number of carbonyl (C=O) groups excluding carboxylic acids is 1. The Morgan fingerprint density at radius 3 is 2.17 bits per heavy atom. The van der Waals surface area contributed by atoms with Crippen molar-refractivity contribution in [3.05, 3.63) is 59.7 Å². The van der Waals surface area contributed by atoms with E-state index >= 15 is 0 Å². The van der Waals surface area contributed by atoms with Gasteiger partial charge in [0.15, 0.2) is 0 Å². The Hall–Kier alpha value is -2.82. The molecule has 41 heavy (non-hydrogen) atoms. The average Bonchev–Trinajstić information content (AvgIpc) is 2.96. The monoisotopic (exact) mass is 561 g/mol. The van der Waals surface area contributed by atoms with E-state index < -0.39 is 6.04 Å². The van der Waals surface area contributed by atoms with Crippen LogP contribution in [0.5, 0.6) is 0 Å². The van der Waals surface area contributed by atoms with Gasteiger partial charge in [-0.1, -0.05) is 72.1 Å². The number of hydrogen-bond acceptors (Lipinski definition) is 4. The Kier molecular flexibility index (Phi) is 12.7. The van der Waals surface area contributed by atoms with Crippen LogP contribution in [0.2, 0.25) is 0 Å². The maximum absolute atomic E-state index is 13.9. The number of aliphatic imine (C=N–C) groups is 1. The SMILES string of the molecule is CCCCN(CCCC)c1ccc(/C(=N\C)N(c2ccccc2C)[C@H](C)C(=O)O[C@@H]2C[C@H](C)CC[C@H]2C(C)C)cc1. The lowest BCUT2D eigenvalue weighted by atomic mass is 9.75. The summed E-state index contributed by atoms with van der Waals surface area (Å²) in [4.78, 5) is 23.2. The van der Waals surface area contributed by atoms with E-state index in [9.17, 15) is 4.79 Å². The van der Waals surface area contributed by atoms with Gasteiger partial charge in [-0.2, -0.15) is 0 Å². The van der Waals surface area contributed by atoms with E-state index in [1.54, 1.807) is 0 Å². The van der Waals surface area contributed by atoms with Crippen LogP contribution in [-0.4, -0.2) is 44.1 Å². The zero-order chi connectivity index (χ0) is 29.9. The highest BCUT2D eigenvalue weighted by molar-refractivity contribution is 6.13. The summed E-state index contributed by atoms with van der Waals surface area (Å²) in [5.74, 6) is 2.07. The number of unbranched alkanes of at least 4 members (excludes halogenated alkanes) is 2. The molecule has 226 valence electrons. The number of anilines is 2. The van der Waals surface area contributed by atoms with Crippen molar-refractivity contribution in [2.75, 3.05) is 29.9 Å². The van der Waals surface area contributed by atoms with Gasteiger partial charge < -0.3 is 14.5 Å². The number of ether oxygens (including phenoxy) is 1. The summed E-state index contributed by atoms with van der Waals surface area (Å²) in [6, 6.07) is 16.4. The summed E-state index contributed by atoms with van der Waals surface area (Å²) in [6.45, 7) is 17.5. The lowest BCUT2D eigenvalue weighted by Gasteiger charge is -2.38. The molecule has 0 aliphatic heterocycles. The second-order valence-corrected chi connectivity index (χ2v) is 12.4. The lowest BCUT2D eigenvalue weighted by molar-refractivity contribution is -0.156. The number of nitrogens with zero attached hydrogens (tertiary/aromatic N) is 3. The van der Waals surface area contributed by atoms with Crippen LogP contribution in [0.1, 0.15) is 97.6 Å². The second-order valence-electron chi connectivity index (χ2n) is 12.4. The van der Waals surface area contributed by atoms with E-state index in [2.05, 4.69) is 87.7 Å². The van der Waals surface area contributed by atoms with Crippen LogP contribution < -0.4 is 9.80 Å². The van der Waals surface area contributed by atoms with Gasteiger partial charge in [-0.3, -0.25) is 4.99 Å². The van der Waals surface area contributed by atoms with Crippen LogP contribution >= 0.6 is 0 Å². The molecular weight excluding hydrogens is 506 g/mol. The van der Waals surface area contributed by atoms with E-state index in [4.69, 9.17) is 9.73 Å². The molecule has 0 aromatic heterocycles. The van der Waals surface area contributed by atoms with Crippen molar-refractivity contribution in [3.8, 4) is 0 Å². The smallest absolute Gasteiger partial charge is 0.329 e. The number of esters is 1. The molecule has 1 aliphatic rings. The topological polar surface area (TPSA) is 45.1 Å². The number of hydrogen-bond donors (Lipinski definition) is 0. The summed E-state index contributed by atoms with van der Waals surface area (Å²) in [5, 5.41) is 0. The van der Waals surface area contributed by atoms with Crippen molar-refractivity contribution in [2.24, 2.45) is 22.7 Å². The van der Waals surface area contributed by atoms with Crippen LogP contribution in [0.25, 0.3) is 0 Å². The first-order valence-electron chi connectivity index (χ1n) is 16.1. The summed E-state index contributed by atoms with van der Waals surface area (Å²) < 4.78 is 6.35. The van der Waals surface area contributed by atoms with E-state index in [-0.39, 0.29) is 12.1 Å². The fourth-order valence-corrected chi connectivity index (χ4v) is 6.21. The van der Waals surface area contributed by atoms with E-state index in [0.717, 1.165) is 48.6 Å². The van der Waals surface area contributed by atoms with Crippen LogP contribution in [0.3, 0.4) is 0 Å². The van der Waals surface area contributed by atoms with Gasteiger partial charge in [0.25, 0.3) is 0 Å². The minimum atomic E-state index is -0.523. The highest BCUT2D eigenvalue weighted by atomic mass is 16.5. The quantitative estimate of drug-likeness (QED) is 0.139. The van der Waals surface area contributed by atoms with Gasteiger partial charge in [0, 0.05) is 37.1 Å². The molecule has 0 N–H and O–H groups in total. The van der Waals surface area contributed by atoms with Crippen LogP contribution in [0, 0.1) is 24.7 Å². The van der Waals surface area contributed by atoms with Crippen molar-refractivity contribution < 1.29 is 9.53 Å². The van der Waals surface area contributed by atoms with E-state index in [1.165, 1.54) is 37.8 Å². The maximum Gasteiger partial charge on any atom is 0.329 e. The number of amidine groups is 1. The number of rotatable bonds is 13. The molecule has 0 heterocycles. The van der Waals surface area contributed by atoms with Crippen molar-refractivity contribution in [3.63, 3.8) is 0 Å². The summed E-state index contributed by atoms with van der Waals surface area (Å²) in [6.07, 6.45) is 7.97. The first kappa shape index (κ1) is 32.7. The number of carbonyl (C=O) groups is 1. The second kappa shape index (κ2) is 16.0. The molecule has 4 atom stereocenters. The number of para-hydroxylation sites is 1. The van der Waals surface area contributed by atoms with Gasteiger partial charge in [0.1, 0.15) is 18.0 Å². The number of aryl methyl sites for hydroxylation is 1. The lowest BCUT2D eigenvalue weighted by Crippen LogP contribution is -2.47. The van der Waals surface area contributed by atoms with Gasteiger partial charge in [0.05, 0.1) is 0 Å². The van der Waals surface area contributed by atoms with Crippen LogP contribution in [0.15, 0.2) is 53.5 Å². The predicted octanol–water partition coefficient (Wildman–Crippen LogP) is 8.68.